The van der Waals surface area contributed by atoms with Crippen LogP contribution in [0.3, 0.4) is 0 Å². The van der Waals surface area contributed by atoms with Gasteiger partial charge in [0.2, 0.25) is 0 Å². The van der Waals surface area contributed by atoms with Crippen LogP contribution in [0.15, 0.2) is 279 Å². The van der Waals surface area contributed by atoms with Crippen molar-refractivity contribution in [2.75, 3.05) is 0 Å². The van der Waals surface area contributed by atoms with E-state index in [4.69, 9.17) is 0 Å². The molecular weight excluding hydrogens is 1150 g/mol. The van der Waals surface area contributed by atoms with Crippen molar-refractivity contribution in [3.63, 3.8) is 0 Å². The van der Waals surface area contributed by atoms with E-state index in [0.717, 1.165) is 11.9 Å². The van der Waals surface area contributed by atoms with Gasteiger partial charge in [-0.05, 0) is 225 Å². The molecule has 0 fully saturated rings. The van der Waals surface area contributed by atoms with Gasteiger partial charge in [0, 0.05) is 65.6 Å². The molecule has 0 bridgehead atoms. The number of rotatable bonds is 4. The molecule has 95 heavy (non-hydrogen) atoms. The summed E-state index contributed by atoms with van der Waals surface area (Å²) in [5, 5.41) is 7.58. The molecule has 5 aliphatic carbocycles. The van der Waals surface area contributed by atoms with E-state index >= 15 is 0 Å². The fourth-order valence-corrected chi connectivity index (χ4v) is 19.2. The summed E-state index contributed by atoms with van der Waals surface area (Å²) in [4.78, 5) is 4.08. The standard InChI is InChI=1S/C92H61N3/c1-90(2)74-27-15-11-23-60(74)66-48-71-69-45-54(34-41-83(69)94(85(71)50-80(66)90)57-19-7-5-8-20-57)52-31-32-56-47-73-59(65(56)43-52)36-38-78-87(73)63-25-13-17-29-76(63)92(78)77-30-18-14-26-64(77)88-79(92)39-37-62-68-44-53(33-40-82(68)93-89(62)88)55-35-42-84-70(46-55)72-49-67-61-24-12-16-28-75(61)91(3,4)81(67)51-86(72)95(84)58-21-9-6-10-22-58/h5-46,48-51,93H,47H2,1-4H3. The minimum atomic E-state index is -0.498. The summed E-state index contributed by atoms with van der Waals surface area (Å²) in [7, 11) is 0. The summed E-state index contributed by atoms with van der Waals surface area (Å²) in [6, 6.07) is 107. The van der Waals surface area contributed by atoms with Gasteiger partial charge in [-0.1, -0.05) is 216 Å². The van der Waals surface area contributed by atoms with Crippen LogP contribution in [-0.2, 0) is 22.7 Å². The van der Waals surface area contributed by atoms with Crippen molar-refractivity contribution < 1.29 is 0 Å². The predicted octanol–water partition coefficient (Wildman–Crippen LogP) is 23.4. The van der Waals surface area contributed by atoms with Gasteiger partial charge >= 0.3 is 0 Å². The zero-order chi connectivity index (χ0) is 62.5. The van der Waals surface area contributed by atoms with Crippen LogP contribution in [0.2, 0.25) is 0 Å². The third-order valence-corrected chi connectivity index (χ3v) is 23.5. The minimum Gasteiger partial charge on any atom is -0.354 e. The van der Waals surface area contributed by atoms with Crippen LogP contribution in [-0.4, -0.2) is 14.1 Å². The van der Waals surface area contributed by atoms with Crippen molar-refractivity contribution >= 4 is 65.4 Å². The monoisotopic (exact) mass is 1210 g/mol. The van der Waals surface area contributed by atoms with Crippen LogP contribution < -0.4 is 0 Å². The van der Waals surface area contributed by atoms with E-state index in [-0.39, 0.29) is 10.8 Å². The van der Waals surface area contributed by atoms with Crippen molar-refractivity contribution in [3.8, 4) is 89.3 Å². The average Bonchev–Trinajstić information content (AvgIpc) is 1.50. The minimum absolute atomic E-state index is 0.0992. The summed E-state index contributed by atoms with van der Waals surface area (Å²) in [6.45, 7) is 9.53. The molecule has 1 spiro atoms. The van der Waals surface area contributed by atoms with Gasteiger partial charge in [-0.15, -0.1) is 0 Å². The second kappa shape index (κ2) is 18.0. The Hall–Kier alpha value is -11.5. The zero-order valence-corrected chi connectivity index (χ0v) is 53.2. The SMILES string of the molecule is CC1(C)c2ccccc2-c2cc3c4cc(-c5ccc6c(c5)-c5ccc7c(c5C6)-c5ccccc5C75c6ccccc6-c6c5ccc5c6[nH]c6ccc(-c7ccc8c(c7)c7cc9c(cc7n8-c7ccccc7)C(C)(C)c7ccccc7-9)cc65)ccc4n(-c4ccccc4)c3cc21. The highest BCUT2D eigenvalue weighted by Gasteiger charge is 2.53. The molecule has 0 radical (unpaired) electrons. The molecule has 5 aliphatic rings. The molecule has 1 unspecified atom stereocenters. The number of fused-ring (bicyclic) bond motifs is 30. The van der Waals surface area contributed by atoms with Gasteiger partial charge in [-0.3, -0.25) is 0 Å². The number of hydrogen-bond acceptors (Lipinski definition) is 0. The second-order valence-electron chi connectivity index (χ2n) is 28.7. The molecule has 3 heteroatoms. The summed E-state index contributed by atoms with van der Waals surface area (Å²) >= 11 is 0. The number of hydrogen-bond donors (Lipinski definition) is 1. The summed E-state index contributed by atoms with van der Waals surface area (Å²) in [5.74, 6) is 0. The van der Waals surface area contributed by atoms with Crippen molar-refractivity contribution in [2.24, 2.45) is 0 Å². The number of para-hydroxylation sites is 2. The number of H-pyrrole nitrogens is 1. The molecular formula is C92H61N3. The quantitative estimate of drug-likeness (QED) is 0.182. The number of nitrogens with one attached hydrogen (secondary N) is 1. The van der Waals surface area contributed by atoms with E-state index in [1.807, 2.05) is 0 Å². The Morgan fingerprint density at radius 3 is 1.32 bits per heavy atom. The van der Waals surface area contributed by atoms with Crippen LogP contribution >= 0.6 is 0 Å². The van der Waals surface area contributed by atoms with Gasteiger partial charge in [0.15, 0.2) is 0 Å². The van der Waals surface area contributed by atoms with Crippen LogP contribution in [0, 0.1) is 0 Å². The summed E-state index contributed by atoms with van der Waals surface area (Å²) in [5.41, 5.74) is 41.1. The Labute approximate surface area is 550 Å². The van der Waals surface area contributed by atoms with E-state index < -0.39 is 5.41 Å². The van der Waals surface area contributed by atoms with Gasteiger partial charge < -0.3 is 14.1 Å². The third-order valence-electron chi connectivity index (χ3n) is 23.5. The van der Waals surface area contributed by atoms with E-state index in [9.17, 15) is 0 Å². The van der Waals surface area contributed by atoms with Gasteiger partial charge in [-0.25, -0.2) is 0 Å². The lowest BCUT2D eigenvalue weighted by atomic mass is 9.70. The van der Waals surface area contributed by atoms with E-state index in [2.05, 4.69) is 321 Å². The lowest BCUT2D eigenvalue weighted by Crippen LogP contribution is -2.25. The molecule has 3 nitrogen and oxygen atoms in total. The fraction of sp³-hybridized carbons (Fsp3) is 0.0870. The first-order valence-corrected chi connectivity index (χ1v) is 33.8. The van der Waals surface area contributed by atoms with Crippen LogP contribution in [0.5, 0.6) is 0 Å². The van der Waals surface area contributed by atoms with Crippen LogP contribution in [0.25, 0.3) is 155 Å². The first kappa shape index (κ1) is 52.0. The number of nitrogens with zero attached hydrogens (tertiary/aromatic N) is 2. The van der Waals surface area contributed by atoms with Gasteiger partial charge in [0.05, 0.1) is 33.0 Å². The lowest BCUT2D eigenvalue weighted by Gasteiger charge is -2.30. The Morgan fingerprint density at radius 1 is 0.284 bits per heavy atom. The maximum Gasteiger partial charge on any atom is 0.0726 e. The fourth-order valence-electron chi connectivity index (χ4n) is 19.2. The Kier molecular flexibility index (Phi) is 9.85. The number of aromatic amines is 1. The molecule has 0 saturated carbocycles. The summed E-state index contributed by atoms with van der Waals surface area (Å²) < 4.78 is 4.96. The van der Waals surface area contributed by atoms with Gasteiger partial charge in [-0.2, -0.15) is 0 Å². The first-order chi connectivity index (χ1) is 46.6. The third kappa shape index (κ3) is 6.51. The molecule has 22 rings (SSSR count). The normalized spacial score (nSPS) is 16.0. The maximum atomic E-state index is 4.08. The van der Waals surface area contributed by atoms with Crippen molar-refractivity contribution in [3.05, 3.63) is 335 Å². The number of benzene rings is 14. The molecule has 1 N–H and O–H groups in total. The maximum absolute atomic E-state index is 4.08. The Balaban J connectivity index is 0.671. The lowest BCUT2D eigenvalue weighted by molar-refractivity contribution is 0.661. The smallest absolute Gasteiger partial charge is 0.0726 e. The number of aromatic nitrogens is 3. The van der Waals surface area contributed by atoms with Gasteiger partial charge in [0.25, 0.3) is 0 Å². The molecule has 3 aromatic heterocycles. The highest BCUT2D eigenvalue weighted by Crippen LogP contribution is 2.66. The topological polar surface area (TPSA) is 25.6 Å². The molecule has 3 heterocycles. The molecule has 0 aliphatic heterocycles. The highest BCUT2D eigenvalue weighted by atomic mass is 15.0. The molecule has 0 amide bonds. The molecule has 14 aromatic carbocycles. The van der Waals surface area contributed by atoms with E-state index in [1.165, 1.54) is 205 Å². The Bertz CT molecular complexity index is 6360. The average molecular weight is 1210 g/mol. The highest BCUT2D eigenvalue weighted by molar-refractivity contribution is 6.18. The van der Waals surface area contributed by atoms with Crippen molar-refractivity contribution in [1.82, 2.24) is 14.1 Å². The van der Waals surface area contributed by atoms with Crippen LogP contribution in [0.1, 0.15) is 83.3 Å². The summed E-state index contributed by atoms with van der Waals surface area (Å²) in [6.07, 6.45) is 0.889. The van der Waals surface area contributed by atoms with E-state index in [1.54, 1.807) is 0 Å². The Morgan fingerprint density at radius 2 is 0.737 bits per heavy atom. The van der Waals surface area contributed by atoms with Crippen molar-refractivity contribution in [2.45, 2.75) is 50.4 Å². The van der Waals surface area contributed by atoms with Gasteiger partial charge in [0.1, 0.15) is 0 Å². The zero-order valence-electron chi connectivity index (χ0n) is 53.2. The predicted molar refractivity (Wildman–Crippen MR) is 395 cm³/mol. The molecule has 444 valence electrons. The van der Waals surface area contributed by atoms with Crippen molar-refractivity contribution in [1.29, 1.82) is 0 Å². The first-order valence-electron chi connectivity index (χ1n) is 33.8. The molecule has 17 aromatic rings. The molecule has 1 atom stereocenters. The second-order valence-corrected chi connectivity index (χ2v) is 28.7. The molecule has 0 saturated heterocycles. The van der Waals surface area contributed by atoms with Crippen LogP contribution in [0.4, 0.5) is 0 Å². The largest absolute Gasteiger partial charge is 0.354 e. The van der Waals surface area contributed by atoms with E-state index in [0.29, 0.717) is 0 Å².